The van der Waals surface area contributed by atoms with Crippen LogP contribution in [0.15, 0.2) is 0 Å². The molecule has 1 heterocycles. The highest BCUT2D eigenvalue weighted by molar-refractivity contribution is 7.15. The predicted octanol–water partition coefficient (Wildman–Crippen LogP) is 0.324. The Labute approximate surface area is 105 Å². The van der Waals surface area contributed by atoms with Gasteiger partial charge in [0.1, 0.15) is 5.01 Å². The number of carbonyl (C=O) groups is 1. The molecule has 0 fully saturated rings. The molecule has 0 aliphatic rings. The molecule has 0 unspecified atom stereocenters. The van der Waals surface area contributed by atoms with Gasteiger partial charge in [-0.25, -0.2) is 0 Å². The quantitative estimate of drug-likeness (QED) is 0.767. The maximum absolute atomic E-state index is 11.5. The van der Waals surface area contributed by atoms with Crippen molar-refractivity contribution in [2.45, 2.75) is 20.4 Å². The summed E-state index contributed by atoms with van der Waals surface area (Å²) < 4.78 is 0. The molecular weight excluding hydrogens is 238 g/mol. The largest absolute Gasteiger partial charge is 0.374 e. The van der Waals surface area contributed by atoms with Gasteiger partial charge in [-0.05, 0) is 13.0 Å². The summed E-state index contributed by atoms with van der Waals surface area (Å²) in [7, 11) is 1.87. The molecule has 6 nitrogen and oxygen atoms in total. The van der Waals surface area contributed by atoms with Crippen molar-refractivity contribution in [3.05, 3.63) is 5.01 Å². The number of nitrogens with zero attached hydrogens (tertiary/aromatic N) is 3. The summed E-state index contributed by atoms with van der Waals surface area (Å²) in [4.78, 5) is 13.4. The van der Waals surface area contributed by atoms with Crippen LogP contribution in [-0.2, 0) is 11.3 Å². The molecule has 1 rings (SSSR count). The third-order valence-corrected chi connectivity index (χ3v) is 2.75. The lowest BCUT2D eigenvalue weighted by Crippen LogP contribution is -2.36. The van der Waals surface area contributed by atoms with Gasteiger partial charge in [0.05, 0.1) is 13.1 Å². The van der Waals surface area contributed by atoms with E-state index in [1.165, 1.54) is 11.3 Å². The van der Waals surface area contributed by atoms with Crippen molar-refractivity contribution in [1.29, 1.82) is 0 Å². The van der Waals surface area contributed by atoms with E-state index < -0.39 is 0 Å². The highest BCUT2D eigenvalue weighted by Gasteiger charge is 2.09. The number of nitrogen functional groups attached to an aromatic ring is 1. The molecule has 0 aliphatic heterocycles. The number of likely N-dealkylation sites (N-methyl/N-ethyl adjacent to an activating group) is 1. The third kappa shape index (κ3) is 5.60. The smallest absolute Gasteiger partial charge is 0.234 e. The minimum Gasteiger partial charge on any atom is -0.374 e. The van der Waals surface area contributed by atoms with Gasteiger partial charge in [-0.2, -0.15) is 0 Å². The molecule has 0 bridgehead atoms. The lowest BCUT2D eigenvalue weighted by atomic mass is 10.2. The molecular formula is C10H19N5OS. The van der Waals surface area contributed by atoms with Gasteiger partial charge < -0.3 is 11.1 Å². The van der Waals surface area contributed by atoms with Crippen LogP contribution >= 0.6 is 11.3 Å². The summed E-state index contributed by atoms with van der Waals surface area (Å²) in [6, 6.07) is 0. The van der Waals surface area contributed by atoms with E-state index in [4.69, 9.17) is 5.73 Å². The summed E-state index contributed by atoms with van der Waals surface area (Å²) in [6.07, 6.45) is 0. The van der Waals surface area contributed by atoms with Gasteiger partial charge in [0, 0.05) is 6.54 Å². The van der Waals surface area contributed by atoms with Gasteiger partial charge >= 0.3 is 0 Å². The van der Waals surface area contributed by atoms with E-state index in [2.05, 4.69) is 29.4 Å². The van der Waals surface area contributed by atoms with E-state index in [0.29, 0.717) is 30.7 Å². The number of carbonyl (C=O) groups excluding carboxylic acids is 1. The first-order valence-electron chi connectivity index (χ1n) is 5.50. The topological polar surface area (TPSA) is 84.1 Å². The van der Waals surface area contributed by atoms with E-state index in [1.807, 2.05) is 11.9 Å². The number of anilines is 1. The van der Waals surface area contributed by atoms with E-state index in [0.717, 1.165) is 5.01 Å². The van der Waals surface area contributed by atoms with Crippen molar-refractivity contribution >= 4 is 22.4 Å². The number of nitrogens with one attached hydrogen (secondary N) is 1. The number of hydrogen-bond donors (Lipinski definition) is 2. The summed E-state index contributed by atoms with van der Waals surface area (Å²) in [5.74, 6) is 0.492. The zero-order valence-electron chi connectivity index (χ0n) is 10.4. The second-order valence-electron chi connectivity index (χ2n) is 4.40. The fourth-order valence-corrected chi connectivity index (χ4v) is 1.93. The van der Waals surface area contributed by atoms with Crippen LogP contribution in [0.25, 0.3) is 0 Å². The van der Waals surface area contributed by atoms with E-state index in [-0.39, 0.29) is 5.91 Å². The summed E-state index contributed by atoms with van der Waals surface area (Å²) in [5, 5.41) is 11.8. The third-order valence-electron chi connectivity index (χ3n) is 2.01. The van der Waals surface area contributed by atoms with Crippen LogP contribution in [0.3, 0.4) is 0 Å². The van der Waals surface area contributed by atoms with Crippen molar-refractivity contribution in [2.75, 3.05) is 25.9 Å². The monoisotopic (exact) mass is 257 g/mol. The second-order valence-corrected chi connectivity index (χ2v) is 5.50. The van der Waals surface area contributed by atoms with E-state index in [9.17, 15) is 4.79 Å². The van der Waals surface area contributed by atoms with Crippen molar-refractivity contribution in [1.82, 2.24) is 20.4 Å². The summed E-state index contributed by atoms with van der Waals surface area (Å²) >= 11 is 1.34. The number of aromatic nitrogens is 2. The fourth-order valence-electron chi connectivity index (χ4n) is 1.24. The standard InChI is InChI=1S/C10H19N5OS/c1-7(2)4-12-8(16)5-15(3)6-9-13-14-10(11)17-9/h7H,4-6H2,1-3H3,(H2,11,14)(H,12,16). The van der Waals surface area contributed by atoms with Gasteiger partial charge in [-0.3, -0.25) is 9.69 Å². The highest BCUT2D eigenvalue weighted by atomic mass is 32.1. The van der Waals surface area contributed by atoms with Crippen LogP contribution in [-0.4, -0.2) is 41.1 Å². The molecule has 7 heteroatoms. The normalized spacial score (nSPS) is 11.1. The molecule has 17 heavy (non-hydrogen) atoms. The van der Waals surface area contributed by atoms with Crippen LogP contribution in [0, 0.1) is 5.92 Å². The average molecular weight is 257 g/mol. The maximum atomic E-state index is 11.5. The Morgan fingerprint density at radius 1 is 1.53 bits per heavy atom. The van der Waals surface area contributed by atoms with E-state index >= 15 is 0 Å². The number of nitrogens with two attached hydrogens (primary N) is 1. The minimum absolute atomic E-state index is 0.0266. The summed E-state index contributed by atoms with van der Waals surface area (Å²) in [5.41, 5.74) is 5.48. The molecule has 0 spiro atoms. The summed E-state index contributed by atoms with van der Waals surface area (Å²) in [6.45, 7) is 5.77. The maximum Gasteiger partial charge on any atom is 0.234 e. The van der Waals surface area contributed by atoms with Crippen molar-refractivity contribution < 1.29 is 4.79 Å². The lowest BCUT2D eigenvalue weighted by molar-refractivity contribution is -0.122. The molecule has 0 aliphatic carbocycles. The molecule has 1 amide bonds. The molecule has 0 aromatic carbocycles. The molecule has 1 aromatic heterocycles. The Kier molecular flexibility index (Phi) is 5.30. The zero-order valence-corrected chi connectivity index (χ0v) is 11.3. The highest BCUT2D eigenvalue weighted by Crippen LogP contribution is 2.12. The first kappa shape index (κ1) is 13.9. The molecule has 0 radical (unpaired) electrons. The molecule has 0 saturated heterocycles. The molecule has 1 aromatic rings. The lowest BCUT2D eigenvalue weighted by Gasteiger charge is -2.15. The van der Waals surface area contributed by atoms with Crippen molar-refractivity contribution in [3.63, 3.8) is 0 Å². The molecule has 3 N–H and O–H groups in total. The SMILES string of the molecule is CC(C)CNC(=O)CN(C)Cc1nnc(N)s1. The zero-order chi connectivity index (χ0) is 12.8. The van der Waals surface area contributed by atoms with Crippen LogP contribution < -0.4 is 11.1 Å². The average Bonchev–Trinajstić information content (AvgIpc) is 2.60. The first-order chi connectivity index (χ1) is 7.97. The number of rotatable bonds is 6. The Morgan fingerprint density at radius 3 is 2.76 bits per heavy atom. The van der Waals surface area contributed by atoms with Crippen molar-refractivity contribution in [2.24, 2.45) is 5.92 Å². The predicted molar refractivity (Wildman–Crippen MR) is 68.5 cm³/mol. The minimum atomic E-state index is 0.0266. The molecule has 0 saturated carbocycles. The van der Waals surface area contributed by atoms with Crippen LogP contribution in [0.5, 0.6) is 0 Å². The van der Waals surface area contributed by atoms with Gasteiger partial charge in [0.15, 0.2) is 0 Å². The van der Waals surface area contributed by atoms with Crippen LogP contribution in [0.2, 0.25) is 0 Å². The fraction of sp³-hybridized carbons (Fsp3) is 0.700. The van der Waals surface area contributed by atoms with Crippen LogP contribution in [0.1, 0.15) is 18.9 Å². The van der Waals surface area contributed by atoms with Gasteiger partial charge in [0.25, 0.3) is 0 Å². The number of amides is 1. The van der Waals surface area contributed by atoms with Gasteiger partial charge in [-0.15, -0.1) is 10.2 Å². The van der Waals surface area contributed by atoms with Crippen molar-refractivity contribution in [3.8, 4) is 0 Å². The Morgan fingerprint density at radius 2 is 2.24 bits per heavy atom. The second kappa shape index (κ2) is 6.51. The van der Waals surface area contributed by atoms with Gasteiger partial charge in [0.2, 0.25) is 11.0 Å². The Balaban J connectivity index is 2.29. The first-order valence-corrected chi connectivity index (χ1v) is 6.32. The number of hydrogen-bond acceptors (Lipinski definition) is 6. The van der Waals surface area contributed by atoms with E-state index in [1.54, 1.807) is 0 Å². The Hall–Kier alpha value is -1.21. The molecule has 0 atom stereocenters. The van der Waals surface area contributed by atoms with Crippen LogP contribution in [0.4, 0.5) is 5.13 Å². The molecule has 96 valence electrons. The van der Waals surface area contributed by atoms with Gasteiger partial charge in [-0.1, -0.05) is 25.2 Å². The Bertz CT molecular complexity index is 365.